The second-order valence-electron chi connectivity index (χ2n) is 8.98. The van der Waals surface area contributed by atoms with Crippen LogP contribution in [0.4, 0.5) is 5.69 Å². The van der Waals surface area contributed by atoms with Crippen molar-refractivity contribution >= 4 is 17.5 Å². The van der Waals surface area contributed by atoms with E-state index in [0.717, 1.165) is 17.0 Å². The van der Waals surface area contributed by atoms with Crippen LogP contribution in [0, 0.1) is 6.92 Å². The van der Waals surface area contributed by atoms with Gasteiger partial charge in [-0.15, -0.1) is 0 Å². The number of nitrogens with zero attached hydrogens (tertiary/aromatic N) is 4. The summed E-state index contributed by atoms with van der Waals surface area (Å²) < 4.78 is 7.35. The topological polar surface area (TPSA) is 93.3 Å². The molecule has 35 heavy (non-hydrogen) atoms. The molecule has 0 bridgehead atoms. The van der Waals surface area contributed by atoms with Gasteiger partial charge in [-0.2, -0.15) is 5.10 Å². The molecule has 4 aromatic rings. The molecule has 0 fully saturated rings. The highest BCUT2D eigenvalue weighted by Crippen LogP contribution is 2.40. The Morgan fingerprint density at radius 2 is 1.89 bits per heavy atom. The van der Waals surface area contributed by atoms with E-state index in [1.165, 1.54) is 0 Å². The molecular weight excluding hydrogens is 442 g/mol. The van der Waals surface area contributed by atoms with Crippen LogP contribution in [-0.2, 0) is 6.54 Å². The Bertz CT molecular complexity index is 1370. The fourth-order valence-electron chi connectivity index (χ4n) is 4.30. The number of fused-ring (bicyclic) bond motifs is 1. The third-order valence-electron chi connectivity index (χ3n) is 6.17. The van der Waals surface area contributed by atoms with Crippen molar-refractivity contribution in [3.8, 4) is 0 Å². The van der Waals surface area contributed by atoms with Crippen LogP contribution in [0.15, 0.2) is 71.4 Å². The Hall–Kier alpha value is -4.20. The average Bonchev–Trinajstić information content (AvgIpc) is 3.60. The minimum absolute atomic E-state index is 0.0944. The largest absolute Gasteiger partial charge is 0.465 e. The molecular formula is C27H27N5O3. The molecule has 1 aliphatic rings. The van der Waals surface area contributed by atoms with Crippen LogP contribution in [0.5, 0.6) is 0 Å². The first kappa shape index (κ1) is 22.6. The summed E-state index contributed by atoms with van der Waals surface area (Å²) in [7, 11) is 0. The van der Waals surface area contributed by atoms with Crippen LogP contribution >= 0.6 is 0 Å². The maximum absolute atomic E-state index is 13.4. The maximum atomic E-state index is 13.4. The van der Waals surface area contributed by atoms with Gasteiger partial charge in [-0.3, -0.25) is 14.3 Å². The molecule has 2 aromatic carbocycles. The standard InChI is InChI=1S/C27H27N5O3/c1-17(2)32-16-29-25(30-32)23-15-31(27(34)19-7-5-4-6-8-19)24-12-10-20(13-22(23)24)26(33)28-14-21-11-9-18(3)35-21/h4-13,16-17,23H,14-15H2,1-3H3,(H,28,33). The molecule has 0 radical (unpaired) electrons. The van der Waals surface area contributed by atoms with E-state index in [2.05, 4.69) is 15.4 Å². The zero-order valence-electron chi connectivity index (χ0n) is 19.9. The fraction of sp³-hybridized carbons (Fsp3) is 0.259. The van der Waals surface area contributed by atoms with E-state index in [1.807, 2.05) is 63.2 Å². The second-order valence-corrected chi connectivity index (χ2v) is 8.98. The van der Waals surface area contributed by atoms with Crippen molar-refractivity contribution in [2.24, 2.45) is 0 Å². The van der Waals surface area contributed by atoms with E-state index in [-0.39, 0.29) is 23.8 Å². The number of anilines is 1. The Balaban J connectivity index is 1.47. The fourth-order valence-corrected chi connectivity index (χ4v) is 4.30. The van der Waals surface area contributed by atoms with Gasteiger partial charge in [-0.1, -0.05) is 18.2 Å². The predicted octanol–water partition coefficient (Wildman–Crippen LogP) is 4.48. The number of carbonyl (C=O) groups is 2. The first-order chi connectivity index (χ1) is 16.9. The lowest BCUT2D eigenvalue weighted by molar-refractivity contribution is 0.0946. The number of hydrogen-bond donors (Lipinski definition) is 1. The number of rotatable bonds is 6. The van der Waals surface area contributed by atoms with Crippen molar-refractivity contribution in [2.75, 3.05) is 11.4 Å². The molecule has 5 rings (SSSR count). The van der Waals surface area contributed by atoms with Gasteiger partial charge in [0, 0.05) is 29.4 Å². The van der Waals surface area contributed by atoms with Gasteiger partial charge in [0.2, 0.25) is 0 Å². The summed E-state index contributed by atoms with van der Waals surface area (Å²) in [6.07, 6.45) is 1.71. The Morgan fingerprint density at radius 3 is 2.57 bits per heavy atom. The highest BCUT2D eigenvalue weighted by Gasteiger charge is 2.36. The minimum atomic E-state index is -0.238. The summed E-state index contributed by atoms with van der Waals surface area (Å²) in [5.41, 5.74) is 2.74. The Morgan fingerprint density at radius 1 is 1.09 bits per heavy atom. The van der Waals surface area contributed by atoms with Crippen LogP contribution in [-0.4, -0.2) is 33.1 Å². The van der Waals surface area contributed by atoms with Gasteiger partial charge in [0.1, 0.15) is 17.8 Å². The van der Waals surface area contributed by atoms with Gasteiger partial charge in [-0.05, 0) is 68.8 Å². The van der Waals surface area contributed by atoms with Crippen molar-refractivity contribution in [3.05, 3.63) is 101 Å². The number of aryl methyl sites for hydroxylation is 1. The van der Waals surface area contributed by atoms with Crippen LogP contribution < -0.4 is 10.2 Å². The number of benzene rings is 2. The summed E-state index contributed by atoms with van der Waals surface area (Å²) in [5.74, 6) is 1.58. The molecule has 0 aliphatic carbocycles. The van der Waals surface area contributed by atoms with Crippen LogP contribution in [0.1, 0.15) is 69.4 Å². The molecule has 2 aromatic heterocycles. The van der Waals surface area contributed by atoms with Gasteiger partial charge in [0.05, 0.1) is 12.5 Å². The van der Waals surface area contributed by atoms with E-state index < -0.39 is 0 Å². The highest BCUT2D eigenvalue weighted by molar-refractivity contribution is 6.08. The van der Waals surface area contributed by atoms with Crippen LogP contribution in [0.3, 0.4) is 0 Å². The number of amides is 2. The summed E-state index contributed by atoms with van der Waals surface area (Å²) in [6.45, 7) is 6.64. The van der Waals surface area contributed by atoms with Crippen LogP contribution in [0.2, 0.25) is 0 Å². The predicted molar refractivity (Wildman–Crippen MR) is 131 cm³/mol. The lowest BCUT2D eigenvalue weighted by Gasteiger charge is -2.18. The van der Waals surface area contributed by atoms with E-state index in [4.69, 9.17) is 4.42 Å². The lowest BCUT2D eigenvalue weighted by Crippen LogP contribution is -2.30. The van der Waals surface area contributed by atoms with E-state index in [1.54, 1.807) is 34.1 Å². The van der Waals surface area contributed by atoms with Crippen molar-refractivity contribution in [1.82, 2.24) is 20.1 Å². The molecule has 0 saturated heterocycles. The monoisotopic (exact) mass is 469 g/mol. The van der Waals surface area contributed by atoms with Crippen LogP contribution in [0.25, 0.3) is 0 Å². The highest BCUT2D eigenvalue weighted by atomic mass is 16.3. The lowest BCUT2D eigenvalue weighted by atomic mass is 9.98. The van der Waals surface area contributed by atoms with E-state index >= 15 is 0 Å². The van der Waals surface area contributed by atoms with E-state index in [9.17, 15) is 9.59 Å². The number of nitrogens with one attached hydrogen (secondary N) is 1. The molecule has 1 atom stereocenters. The number of hydrogen-bond acceptors (Lipinski definition) is 5. The van der Waals surface area contributed by atoms with Crippen molar-refractivity contribution < 1.29 is 14.0 Å². The number of furan rings is 1. The Kier molecular flexibility index (Phi) is 5.94. The number of carbonyl (C=O) groups excluding carboxylic acids is 2. The van der Waals surface area contributed by atoms with Gasteiger partial charge < -0.3 is 14.6 Å². The normalized spacial score (nSPS) is 14.9. The molecule has 1 aliphatic heterocycles. The van der Waals surface area contributed by atoms with E-state index in [0.29, 0.717) is 35.8 Å². The molecule has 178 valence electrons. The summed E-state index contributed by atoms with van der Waals surface area (Å²) >= 11 is 0. The van der Waals surface area contributed by atoms with Gasteiger partial charge >= 0.3 is 0 Å². The number of aromatic nitrogens is 3. The van der Waals surface area contributed by atoms with Gasteiger partial charge in [-0.25, -0.2) is 4.98 Å². The van der Waals surface area contributed by atoms with Crippen molar-refractivity contribution in [3.63, 3.8) is 0 Å². The third-order valence-corrected chi connectivity index (χ3v) is 6.17. The molecule has 2 amide bonds. The summed E-state index contributed by atoms with van der Waals surface area (Å²) in [4.78, 5) is 32.6. The van der Waals surface area contributed by atoms with Crippen molar-refractivity contribution in [2.45, 2.75) is 39.3 Å². The first-order valence-corrected chi connectivity index (χ1v) is 11.7. The molecule has 0 saturated carbocycles. The average molecular weight is 470 g/mol. The summed E-state index contributed by atoms with van der Waals surface area (Å²) in [5, 5.41) is 7.57. The molecule has 1 N–H and O–H groups in total. The minimum Gasteiger partial charge on any atom is -0.465 e. The molecule has 8 nitrogen and oxygen atoms in total. The molecule has 1 unspecified atom stereocenters. The van der Waals surface area contributed by atoms with Gasteiger partial charge in [0.15, 0.2) is 5.82 Å². The first-order valence-electron chi connectivity index (χ1n) is 11.7. The molecule has 8 heteroatoms. The zero-order valence-corrected chi connectivity index (χ0v) is 19.9. The molecule has 3 heterocycles. The zero-order chi connectivity index (χ0) is 24.5. The third kappa shape index (κ3) is 4.47. The molecule has 0 spiro atoms. The maximum Gasteiger partial charge on any atom is 0.258 e. The smallest absolute Gasteiger partial charge is 0.258 e. The summed E-state index contributed by atoms with van der Waals surface area (Å²) in [6, 6.07) is 18.5. The second kappa shape index (κ2) is 9.21. The SMILES string of the molecule is Cc1ccc(CNC(=O)c2ccc3c(c2)C(c2ncn(C(C)C)n2)CN3C(=O)c2ccccc2)o1. The Labute approximate surface area is 203 Å². The quantitative estimate of drug-likeness (QED) is 0.449. The van der Waals surface area contributed by atoms with Crippen molar-refractivity contribution in [1.29, 1.82) is 0 Å². The van der Waals surface area contributed by atoms with Gasteiger partial charge in [0.25, 0.3) is 11.8 Å².